The van der Waals surface area contributed by atoms with Gasteiger partial charge >= 0.3 is 83.0 Å². The maximum Gasteiger partial charge on any atom is 1.00 e. The predicted octanol–water partition coefficient (Wildman–Crippen LogP) is -6.84. The number of rotatable bonds is 8. The SMILES string of the molecule is Nc1ncnc2c1ncn2[C@@H]1O[C@H](CO[P+](=O)OP(=O)(O)OP(=O)(O)O)[C@@H](O)[C@H]1O.[H-].[H-].[Na+].[Na+]. The summed E-state index contributed by atoms with van der Waals surface area (Å²) in [5.74, 6) is 0.0757. The molecule has 170 valence electrons. The van der Waals surface area contributed by atoms with Crippen molar-refractivity contribution < 1.29 is 118 Å². The molecule has 32 heavy (non-hydrogen) atoms. The predicted molar refractivity (Wildman–Crippen MR) is 95.5 cm³/mol. The number of anilines is 1. The van der Waals surface area contributed by atoms with Gasteiger partial charge in [0.1, 0.15) is 36.8 Å². The third-order valence-corrected chi connectivity index (χ3v) is 7.12. The monoisotopic (exact) mass is 538 g/mol. The average molecular weight is 538 g/mol. The summed E-state index contributed by atoms with van der Waals surface area (Å²) in [6, 6.07) is 0. The van der Waals surface area contributed by atoms with Crippen molar-refractivity contribution in [3.8, 4) is 0 Å². The Morgan fingerprint density at radius 3 is 2.47 bits per heavy atom. The van der Waals surface area contributed by atoms with Gasteiger partial charge in [0, 0.05) is 4.57 Å². The largest absolute Gasteiger partial charge is 1.00 e. The number of aromatic nitrogens is 4. The average Bonchev–Trinajstić information content (AvgIpc) is 3.14. The first-order valence-corrected chi connectivity index (χ1v) is 11.8. The fourth-order valence-corrected chi connectivity index (χ4v) is 5.14. The fourth-order valence-electron chi connectivity index (χ4n) is 2.54. The van der Waals surface area contributed by atoms with E-state index in [4.69, 9.17) is 25.2 Å². The molecule has 3 heterocycles. The van der Waals surface area contributed by atoms with Gasteiger partial charge in [0.25, 0.3) is 0 Å². The van der Waals surface area contributed by atoms with Crippen LogP contribution >= 0.6 is 23.9 Å². The van der Waals surface area contributed by atoms with Crippen molar-refractivity contribution in [3.63, 3.8) is 0 Å². The second-order valence-corrected chi connectivity index (χ2v) is 9.70. The number of nitrogen functional groups attached to an aromatic ring is 1. The topological polar surface area (TPSA) is 259 Å². The Kier molecular flexibility index (Phi) is 11.5. The Morgan fingerprint density at radius 1 is 1.19 bits per heavy atom. The maximum atomic E-state index is 11.6. The van der Waals surface area contributed by atoms with Crippen molar-refractivity contribution in [2.45, 2.75) is 24.5 Å². The number of nitrogens with zero attached hydrogens (tertiary/aromatic N) is 4. The maximum absolute atomic E-state index is 11.6. The fraction of sp³-hybridized carbons (Fsp3) is 0.500. The molecule has 0 amide bonds. The molecule has 0 aromatic carbocycles. The van der Waals surface area contributed by atoms with Crippen LogP contribution in [0.2, 0.25) is 0 Å². The van der Waals surface area contributed by atoms with Crippen molar-refractivity contribution in [2.24, 2.45) is 0 Å². The second kappa shape index (κ2) is 12.0. The molecule has 0 spiro atoms. The minimum absolute atomic E-state index is 0. The van der Waals surface area contributed by atoms with Crippen molar-refractivity contribution >= 4 is 40.9 Å². The summed E-state index contributed by atoms with van der Waals surface area (Å²) < 4.78 is 52.2. The van der Waals surface area contributed by atoms with E-state index in [0.29, 0.717) is 0 Å². The minimum atomic E-state index is -5.41. The van der Waals surface area contributed by atoms with Gasteiger partial charge in [0.2, 0.25) is 0 Å². The number of phosphoric acid groups is 2. The van der Waals surface area contributed by atoms with Crippen LogP contribution in [0.25, 0.3) is 11.2 Å². The third-order valence-electron chi connectivity index (χ3n) is 3.72. The molecule has 1 saturated heterocycles. The van der Waals surface area contributed by atoms with Gasteiger partial charge in [-0.05, 0) is 4.31 Å². The van der Waals surface area contributed by atoms with Crippen LogP contribution in [0, 0.1) is 0 Å². The van der Waals surface area contributed by atoms with Gasteiger partial charge in [-0.15, -0.1) is 4.52 Å². The molecule has 1 aliphatic rings. The van der Waals surface area contributed by atoms with E-state index in [0.717, 1.165) is 6.33 Å². The molecule has 1 aliphatic heterocycles. The summed E-state index contributed by atoms with van der Waals surface area (Å²) in [5, 5.41) is 20.4. The van der Waals surface area contributed by atoms with Crippen molar-refractivity contribution in [1.82, 2.24) is 19.5 Å². The van der Waals surface area contributed by atoms with Gasteiger partial charge < -0.3 is 33.3 Å². The molecule has 0 bridgehead atoms. The van der Waals surface area contributed by atoms with Gasteiger partial charge in [0.05, 0.1) is 6.33 Å². The number of fused-ring (bicyclic) bond motifs is 1. The Hall–Kier alpha value is 0.550. The molecule has 0 radical (unpaired) electrons. The summed E-state index contributed by atoms with van der Waals surface area (Å²) in [5.41, 5.74) is 6.10. The molecule has 2 aromatic heterocycles. The number of ether oxygens (including phenoxy) is 1. The van der Waals surface area contributed by atoms with E-state index in [1.165, 1.54) is 10.9 Å². The van der Waals surface area contributed by atoms with Gasteiger partial charge in [-0.1, -0.05) is 0 Å². The Morgan fingerprint density at radius 2 is 1.84 bits per heavy atom. The van der Waals surface area contributed by atoms with E-state index in [1.807, 2.05) is 0 Å². The third kappa shape index (κ3) is 7.52. The van der Waals surface area contributed by atoms with Gasteiger partial charge in [0.15, 0.2) is 17.7 Å². The molecule has 17 nitrogen and oxygen atoms in total. The Labute approximate surface area is 227 Å². The van der Waals surface area contributed by atoms with E-state index in [1.54, 1.807) is 0 Å². The molecule has 2 unspecified atom stereocenters. The van der Waals surface area contributed by atoms with Crippen LogP contribution in [0.1, 0.15) is 9.08 Å². The van der Waals surface area contributed by atoms with Gasteiger partial charge in [-0.2, -0.15) is 4.31 Å². The quantitative estimate of drug-likeness (QED) is 0.135. The van der Waals surface area contributed by atoms with E-state index in [2.05, 4.69) is 28.1 Å². The molecule has 0 aliphatic carbocycles. The summed E-state index contributed by atoms with van der Waals surface area (Å²) in [6.45, 7) is -0.705. The van der Waals surface area contributed by atoms with Crippen LogP contribution in [0.4, 0.5) is 5.82 Å². The molecule has 2 aromatic rings. The molecule has 0 saturated carbocycles. The molecule has 6 atom stereocenters. The van der Waals surface area contributed by atoms with Crippen LogP contribution in [-0.2, 0) is 31.6 Å². The molecule has 22 heteroatoms. The number of hydrogen-bond acceptors (Lipinski definition) is 13. The zero-order valence-corrected chi connectivity index (χ0v) is 23.2. The van der Waals surface area contributed by atoms with Crippen molar-refractivity contribution in [3.05, 3.63) is 12.7 Å². The van der Waals surface area contributed by atoms with Gasteiger partial charge in [-0.25, -0.2) is 24.1 Å². The molecule has 7 N–H and O–H groups in total. The standard InChI is InChI=1S/C10H14N5O12P3.2Na.2H/c11-8-5-9(13-2-12-8)15(3-14-5)10-7(17)6(16)4(25-10)1-24-28(18)26-30(22,23)27-29(19,20)21;;;;/h2-4,6-7,10,16-17H,1H2,(H4-,11,12,13,19,20,21,22,23);;;;/q;2*+1;2*-1/p+1/t4-,6-,7-,10-;;;;/m1..../s1. The zero-order valence-electron chi connectivity index (χ0n) is 18.5. The van der Waals surface area contributed by atoms with Crippen LogP contribution < -0.4 is 64.8 Å². The first kappa shape index (κ1) is 30.6. The number of hydrogen-bond donors (Lipinski definition) is 6. The smallest absolute Gasteiger partial charge is 1.00 e. The van der Waals surface area contributed by atoms with E-state index in [-0.39, 0.29) is 78.9 Å². The molecular formula is C10H17N5Na2O12P3+. The van der Waals surface area contributed by atoms with Crippen LogP contribution in [0.15, 0.2) is 12.7 Å². The summed E-state index contributed by atoms with van der Waals surface area (Å²) in [4.78, 5) is 37.8. The zero-order chi connectivity index (χ0) is 22.3. The van der Waals surface area contributed by atoms with Crippen LogP contribution in [0.3, 0.4) is 0 Å². The van der Waals surface area contributed by atoms with E-state index < -0.39 is 55.0 Å². The van der Waals surface area contributed by atoms with Crippen LogP contribution in [-0.4, -0.2) is 69.3 Å². The van der Waals surface area contributed by atoms with Crippen LogP contribution in [0.5, 0.6) is 0 Å². The Bertz CT molecular complexity index is 1060. The summed E-state index contributed by atoms with van der Waals surface area (Å²) >= 11 is 0. The first-order valence-electron chi connectivity index (χ1n) is 7.72. The van der Waals surface area contributed by atoms with Gasteiger partial charge in [-0.3, -0.25) is 9.46 Å². The minimum Gasteiger partial charge on any atom is -1.00 e. The molecular weight excluding hydrogens is 521 g/mol. The summed E-state index contributed by atoms with van der Waals surface area (Å²) in [7, 11) is -14.2. The van der Waals surface area contributed by atoms with Crippen molar-refractivity contribution in [2.75, 3.05) is 12.3 Å². The number of nitrogens with two attached hydrogens (primary N) is 1. The first-order chi connectivity index (χ1) is 13.9. The molecule has 3 rings (SSSR count). The normalized spacial score (nSPS) is 25.6. The number of aliphatic hydroxyl groups is 2. The summed E-state index contributed by atoms with van der Waals surface area (Å²) in [6.07, 6.45) is -3.15. The second-order valence-electron chi connectivity index (χ2n) is 5.77. The van der Waals surface area contributed by atoms with Crippen molar-refractivity contribution in [1.29, 1.82) is 0 Å². The van der Waals surface area contributed by atoms with E-state index in [9.17, 15) is 23.9 Å². The Balaban J connectivity index is 0. The molecule has 1 fully saturated rings. The van der Waals surface area contributed by atoms with E-state index >= 15 is 0 Å². The number of aliphatic hydroxyl groups excluding tert-OH is 2. The number of imidazole rings is 1.